The van der Waals surface area contributed by atoms with E-state index >= 15 is 0 Å². The maximum Gasteiger partial charge on any atom is 0.456 e. The molecule has 1 aromatic heterocycles. The molecule has 0 unspecified atom stereocenters. The lowest BCUT2D eigenvalue weighted by Crippen LogP contribution is -2.35. The molecule has 0 bridgehead atoms. The first-order chi connectivity index (χ1) is 13.4. The first-order valence-electron chi connectivity index (χ1n) is 8.15. The predicted octanol–water partition coefficient (Wildman–Crippen LogP) is 1.84. The number of amides is 3. The fourth-order valence-corrected chi connectivity index (χ4v) is 2.61. The molecule has 2 heterocycles. The summed E-state index contributed by atoms with van der Waals surface area (Å²) in [6, 6.07) is 13.2. The van der Waals surface area contributed by atoms with E-state index in [4.69, 9.17) is 10.9 Å². The van der Waals surface area contributed by atoms with Crippen LogP contribution in [0.2, 0.25) is 0 Å². The summed E-state index contributed by atoms with van der Waals surface area (Å²) in [7, 11) is 0. The van der Waals surface area contributed by atoms with E-state index in [-0.39, 0.29) is 18.6 Å². The predicted molar refractivity (Wildman–Crippen MR) is 97.8 cm³/mol. The number of phenols is 1. The summed E-state index contributed by atoms with van der Waals surface area (Å²) in [5, 5.41) is 19.9. The van der Waals surface area contributed by atoms with Gasteiger partial charge in [0.05, 0.1) is 16.7 Å². The largest absolute Gasteiger partial charge is 0.505 e. The van der Waals surface area contributed by atoms with Crippen LogP contribution in [0.1, 0.15) is 12.8 Å². The highest BCUT2D eigenvalue weighted by Crippen LogP contribution is 2.31. The zero-order valence-corrected chi connectivity index (χ0v) is 14.5. The van der Waals surface area contributed by atoms with E-state index in [9.17, 15) is 19.5 Å². The normalized spacial score (nSPS) is 13.4. The molecule has 0 atom stereocenters. The van der Waals surface area contributed by atoms with E-state index in [1.54, 1.807) is 6.07 Å². The maximum atomic E-state index is 10.8. The van der Waals surface area contributed by atoms with E-state index in [2.05, 4.69) is 9.82 Å². The summed E-state index contributed by atoms with van der Waals surface area (Å²) in [6.45, 7) is 0. The average molecular weight is 384 g/mol. The molecule has 3 amide bonds. The molecule has 144 valence electrons. The van der Waals surface area contributed by atoms with Crippen molar-refractivity contribution in [3.8, 4) is 5.75 Å². The first kappa shape index (κ1) is 18.9. The molecule has 10 heteroatoms. The smallest absolute Gasteiger partial charge is 0.456 e. The zero-order chi connectivity index (χ0) is 20.3. The van der Waals surface area contributed by atoms with Crippen LogP contribution in [0.15, 0.2) is 42.5 Å². The van der Waals surface area contributed by atoms with Gasteiger partial charge in [-0.3, -0.25) is 14.8 Å². The molecule has 3 aromatic rings. The molecule has 1 saturated heterocycles. The Kier molecular flexibility index (Phi) is 5.23. The van der Waals surface area contributed by atoms with Gasteiger partial charge in [0, 0.05) is 23.6 Å². The summed E-state index contributed by atoms with van der Waals surface area (Å²) in [5.41, 5.74) is 8.83. The van der Waals surface area contributed by atoms with Gasteiger partial charge in [-0.2, -0.15) is 0 Å². The molecule has 2 aromatic carbocycles. The fraction of sp³-hybridized carbons (Fsp3) is 0.111. The monoisotopic (exact) mass is 384 g/mol. The Hall–Kier alpha value is -3.92. The number of nitrogens with two attached hydrogens (primary N) is 1. The van der Waals surface area contributed by atoms with Crippen LogP contribution in [0, 0.1) is 0 Å². The number of hydrogen-bond donors (Lipinski definition) is 4. The number of nitrogens with one attached hydrogen (secondary N) is 1. The molecule has 0 saturated carbocycles. The number of pyridine rings is 1. The number of para-hydroxylation sites is 1. The fourth-order valence-electron chi connectivity index (χ4n) is 2.61. The number of carbonyl (C=O) groups excluding carboxylic acids is 3. The van der Waals surface area contributed by atoms with Crippen molar-refractivity contribution in [2.45, 2.75) is 12.8 Å². The lowest BCUT2D eigenvalue weighted by molar-refractivity contribution is -0.173. The molecule has 4 rings (SSSR count). The lowest BCUT2D eigenvalue weighted by atomic mass is 10.1. The van der Waals surface area contributed by atoms with Crippen LogP contribution in [0.5, 0.6) is 5.75 Å². The van der Waals surface area contributed by atoms with Gasteiger partial charge in [0.15, 0.2) is 0 Å². The van der Waals surface area contributed by atoms with Crippen LogP contribution in [0.25, 0.3) is 21.8 Å². The second-order valence-corrected chi connectivity index (χ2v) is 5.82. The lowest BCUT2D eigenvalue weighted by Gasteiger charge is -2.10. The second kappa shape index (κ2) is 7.76. The number of nitrogen functional groups attached to an aromatic ring is 1. The van der Waals surface area contributed by atoms with Crippen LogP contribution in [-0.4, -0.2) is 38.3 Å². The van der Waals surface area contributed by atoms with Gasteiger partial charge in [-0.15, -0.1) is 5.06 Å². The highest BCUT2D eigenvalue weighted by Gasteiger charge is 2.32. The van der Waals surface area contributed by atoms with Crippen molar-refractivity contribution >= 4 is 45.4 Å². The number of hydrogen-bond acceptors (Lipinski definition) is 8. The number of imide groups is 1. The summed E-state index contributed by atoms with van der Waals surface area (Å²) >= 11 is 0. The Morgan fingerprint density at radius 2 is 1.79 bits per heavy atom. The van der Waals surface area contributed by atoms with Gasteiger partial charge in [0.2, 0.25) is 0 Å². The van der Waals surface area contributed by atoms with Crippen molar-refractivity contribution in [2.75, 3.05) is 5.73 Å². The molecule has 0 aliphatic carbocycles. The highest BCUT2D eigenvalue weighted by atomic mass is 16.8. The minimum absolute atomic E-state index is 0.0253. The Morgan fingerprint density at radius 3 is 2.46 bits per heavy atom. The van der Waals surface area contributed by atoms with Gasteiger partial charge in [0.1, 0.15) is 5.75 Å². The Morgan fingerprint density at radius 1 is 1.11 bits per heavy atom. The SMILES string of the molecule is Nc1ccc2nc3ccccc3cc2c1O.O=C(NO)ON1C(=O)CCC1=O. The van der Waals surface area contributed by atoms with Gasteiger partial charge in [-0.1, -0.05) is 18.2 Å². The van der Waals surface area contributed by atoms with Gasteiger partial charge < -0.3 is 15.7 Å². The molecule has 1 fully saturated rings. The third-order valence-corrected chi connectivity index (χ3v) is 3.97. The Bertz CT molecular complexity index is 1070. The number of aromatic hydroxyl groups is 1. The van der Waals surface area contributed by atoms with Gasteiger partial charge in [-0.25, -0.2) is 15.3 Å². The number of carbonyl (C=O) groups is 3. The summed E-state index contributed by atoms with van der Waals surface area (Å²) in [5.74, 6) is -1.08. The van der Waals surface area contributed by atoms with Crippen molar-refractivity contribution in [3.63, 3.8) is 0 Å². The Balaban J connectivity index is 0.000000169. The molecule has 10 nitrogen and oxygen atoms in total. The molecular weight excluding hydrogens is 368 g/mol. The minimum Gasteiger partial charge on any atom is -0.505 e. The first-order valence-corrected chi connectivity index (χ1v) is 8.15. The number of aromatic nitrogens is 1. The number of phenolic OH excluding ortho intramolecular Hbond substituents is 1. The van der Waals surface area contributed by atoms with Crippen molar-refractivity contribution in [1.82, 2.24) is 15.5 Å². The molecule has 1 aliphatic rings. The second-order valence-electron chi connectivity index (χ2n) is 5.82. The van der Waals surface area contributed by atoms with Crippen molar-refractivity contribution in [1.29, 1.82) is 0 Å². The van der Waals surface area contributed by atoms with Crippen molar-refractivity contribution in [2.24, 2.45) is 0 Å². The van der Waals surface area contributed by atoms with Crippen LogP contribution in [0.3, 0.4) is 0 Å². The van der Waals surface area contributed by atoms with Gasteiger partial charge >= 0.3 is 6.09 Å². The molecule has 0 spiro atoms. The number of benzene rings is 2. The third-order valence-electron chi connectivity index (χ3n) is 3.97. The van der Waals surface area contributed by atoms with E-state index < -0.39 is 17.9 Å². The number of nitrogens with zero attached hydrogens (tertiary/aromatic N) is 2. The third kappa shape index (κ3) is 3.76. The number of anilines is 1. The zero-order valence-electron chi connectivity index (χ0n) is 14.5. The summed E-state index contributed by atoms with van der Waals surface area (Å²) in [6.07, 6.45) is -1.21. The van der Waals surface area contributed by atoms with Crippen LogP contribution in [-0.2, 0) is 14.4 Å². The van der Waals surface area contributed by atoms with Crippen LogP contribution >= 0.6 is 0 Å². The summed E-state index contributed by atoms with van der Waals surface area (Å²) < 4.78 is 0. The van der Waals surface area contributed by atoms with Crippen LogP contribution < -0.4 is 11.2 Å². The molecule has 5 N–H and O–H groups in total. The topological polar surface area (TPSA) is 155 Å². The van der Waals surface area contributed by atoms with Crippen LogP contribution in [0.4, 0.5) is 10.5 Å². The number of hydroxylamine groups is 3. The Labute approximate surface area is 158 Å². The maximum absolute atomic E-state index is 10.8. The van der Waals surface area contributed by atoms with E-state index in [0.29, 0.717) is 16.1 Å². The molecular formula is C18H16N4O6. The highest BCUT2D eigenvalue weighted by molar-refractivity contribution is 6.01. The van der Waals surface area contributed by atoms with Gasteiger partial charge in [-0.05, 0) is 24.3 Å². The van der Waals surface area contributed by atoms with Gasteiger partial charge in [0.25, 0.3) is 11.8 Å². The standard InChI is InChI=1S/C13H10N2O.C5H6N2O5/c14-10-5-6-12-9(13(10)16)7-8-3-1-2-4-11(8)15-12;8-3-1-2-4(9)7(3)12-5(10)6-11/h1-7,16H,14H2;11H,1-2H2,(H,6,10). The molecule has 1 aliphatic heterocycles. The number of rotatable bonds is 1. The molecule has 28 heavy (non-hydrogen) atoms. The quantitative estimate of drug-likeness (QED) is 0.124. The summed E-state index contributed by atoms with van der Waals surface area (Å²) in [4.78, 5) is 40.4. The molecule has 0 radical (unpaired) electrons. The van der Waals surface area contributed by atoms with E-state index in [1.165, 1.54) is 0 Å². The number of fused-ring (bicyclic) bond motifs is 2. The minimum atomic E-state index is -1.27. The van der Waals surface area contributed by atoms with Crippen molar-refractivity contribution < 1.29 is 29.5 Å². The average Bonchev–Trinajstić information content (AvgIpc) is 3.02. The van der Waals surface area contributed by atoms with Crippen molar-refractivity contribution in [3.05, 3.63) is 42.5 Å². The van der Waals surface area contributed by atoms with E-state index in [0.717, 1.165) is 21.9 Å². The van der Waals surface area contributed by atoms with E-state index in [1.807, 2.05) is 36.4 Å².